The first-order valence-electron chi connectivity index (χ1n) is 16.0. The Balaban J connectivity index is 2.40. The second kappa shape index (κ2) is 18.5. The molecular formula is C37H38Cl4O8Sb2. The number of hydrogen-bond donors (Lipinski definition) is 0. The molecule has 0 aliphatic carbocycles. The van der Waals surface area contributed by atoms with E-state index >= 15 is 0 Å². The van der Waals surface area contributed by atoms with E-state index in [0.29, 0.717) is 14.0 Å². The summed E-state index contributed by atoms with van der Waals surface area (Å²) in [6, 6.07) is 34.5. The molecule has 0 fully saturated rings. The Kier molecular flexibility index (Phi) is 15.0. The van der Waals surface area contributed by atoms with E-state index in [1.54, 1.807) is 121 Å². The van der Waals surface area contributed by atoms with Gasteiger partial charge in [-0.15, -0.1) is 0 Å². The van der Waals surface area contributed by atoms with Crippen molar-refractivity contribution in [3.63, 3.8) is 0 Å². The quantitative estimate of drug-likeness (QED) is 0.0934. The molecule has 0 radical (unpaired) electrons. The van der Waals surface area contributed by atoms with Crippen molar-refractivity contribution in [1.29, 1.82) is 0 Å². The SMILES string of the molecule is O=C(CCCl)[O][Sb]([CH2][Sb]([O]C(=O)CCCl)([O]C(=O)CCCl)([c]1ccccc1)[c]1ccccc1)([O]C(=O)CCCl)([c]1ccccc1)[c]1ccccc1. The van der Waals surface area contributed by atoms with Gasteiger partial charge in [0.05, 0.1) is 0 Å². The van der Waals surface area contributed by atoms with Crippen molar-refractivity contribution in [3.05, 3.63) is 121 Å². The summed E-state index contributed by atoms with van der Waals surface area (Å²) in [5.74, 6) is -3.51. The van der Waals surface area contributed by atoms with Gasteiger partial charge in [-0.3, -0.25) is 0 Å². The molecule has 0 amide bonds. The van der Waals surface area contributed by atoms with Crippen LogP contribution in [0.1, 0.15) is 25.7 Å². The molecule has 4 rings (SSSR count). The van der Waals surface area contributed by atoms with Crippen molar-refractivity contribution < 1.29 is 31.2 Å². The van der Waals surface area contributed by atoms with Gasteiger partial charge in [0.15, 0.2) is 0 Å². The Labute approximate surface area is 321 Å². The molecule has 0 unspecified atom stereocenters. The predicted molar refractivity (Wildman–Crippen MR) is 206 cm³/mol. The minimum atomic E-state index is -6.75. The van der Waals surface area contributed by atoms with E-state index in [1.165, 1.54) is 0 Å². The normalized spacial score (nSPS) is 13.0. The molecule has 0 aromatic heterocycles. The van der Waals surface area contributed by atoms with Gasteiger partial charge in [0.1, 0.15) is 0 Å². The fraction of sp³-hybridized carbons (Fsp3) is 0.243. The Hall–Kier alpha value is -2.44. The second-order valence-electron chi connectivity index (χ2n) is 11.3. The van der Waals surface area contributed by atoms with Gasteiger partial charge in [-0.05, 0) is 0 Å². The van der Waals surface area contributed by atoms with Crippen LogP contribution in [-0.2, 0) is 31.2 Å². The van der Waals surface area contributed by atoms with Crippen molar-refractivity contribution in [2.24, 2.45) is 0 Å². The summed E-state index contributed by atoms with van der Waals surface area (Å²) >= 11 is 11.0. The van der Waals surface area contributed by atoms with Gasteiger partial charge in [0.2, 0.25) is 0 Å². The van der Waals surface area contributed by atoms with E-state index in [-0.39, 0.29) is 49.2 Å². The van der Waals surface area contributed by atoms with Crippen LogP contribution in [0.3, 0.4) is 0 Å². The molecule has 0 atom stereocenters. The number of hydrogen-bond acceptors (Lipinski definition) is 8. The number of rotatable bonds is 18. The summed E-state index contributed by atoms with van der Waals surface area (Å²) in [6.07, 6.45) is -1.02. The zero-order valence-electron chi connectivity index (χ0n) is 27.6. The molecule has 8 nitrogen and oxygen atoms in total. The molecule has 0 N–H and O–H groups in total. The molecule has 0 bridgehead atoms. The van der Waals surface area contributed by atoms with Gasteiger partial charge in [-0.2, -0.15) is 0 Å². The number of halogens is 4. The standard InChI is InChI=1S/4C6H5.4C3H5ClO2.CH2.2Sb/c4*1-2-4-6-5-3-1;4*4-2-1-3(5)6;;;/h4*1-5H;4*1-2H2,(H,5,6);1H2;;/q;;;;;;;;;2*+2/p-4. The monoisotopic (exact) mass is 992 g/mol. The van der Waals surface area contributed by atoms with Gasteiger partial charge in [0.25, 0.3) is 0 Å². The number of carbonyl (C=O) groups is 4. The summed E-state index contributed by atoms with van der Waals surface area (Å²) in [4.78, 5) is 56.6. The Morgan fingerprint density at radius 2 is 0.569 bits per heavy atom. The molecular weight excluding hydrogens is 958 g/mol. The third kappa shape index (κ3) is 8.86. The summed E-state index contributed by atoms with van der Waals surface area (Å²) < 4.78 is 28.4. The summed E-state index contributed by atoms with van der Waals surface area (Å²) in [5.41, 5.74) is 0. The molecule has 0 aliphatic rings. The average Bonchev–Trinajstić information content (AvgIpc) is 3.13. The first-order chi connectivity index (χ1) is 24.6. The van der Waals surface area contributed by atoms with E-state index in [2.05, 4.69) is 0 Å². The van der Waals surface area contributed by atoms with Crippen LogP contribution in [0.4, 0.5) is 0 Å². The van der Waals surface area contributed by atoms with Gasteiger partial charge in [0, 0.05) is 0 Å². The van der Waals surface area contributed by atoms with Crippen molar-refractivity contribution in [3.8, 4) is 0 Å². The van der Waals surface area contributed by atoms with E-state index in [1.807, 2.05) is 0 Å². The molecule has 0 saturated heterocycles. The van der Waals surface area contributed by atoms with Gasteiger partial charge >= 0.3 is 325 Å². The Morgan fingerprint density at radius 1 is 0.373 bits per heavy atom. The van der Waals surface area contributed by atoms with Crippen LogP contribution < -0.4 is 14.0 Å². The molecule has 4 aromatic carbocycles. The maximum atomic E-state index is 14.2. The van der Waals surface area contributed by atoms with Gasteiger partial charge in [-0.1, -0.05) is 0 Å². The van der Waals surface area contributed by atoms with Crippen LogP contribution in [0.5, 0.6) is 0 Å². The minimum absolute atomic E-state index is 0.107. The second-order valence-corrected chi connectivity index (χ2v) is 39.9. The Morgan fingerprint density at radius 3 is 0.745 bits per heavy atom. The zero-order chi connectivity index (χ0) is 36.8. The van der Waals surface area contributed by atoms with Crippen molar-refractivity contribution in [2.45, 2.75) is 28.0 Å². The third-order valence-electron chi connectivity index (χ3n) is 8.00. The van der Waals surface area contributed by atoms with Crippen LogP contribution in [-0.4, -0.2) is 83.9 Å². The molecule has 14 heteroatoms. The van der Waals surface area contributed by atoms with E-state index in [9.17, 15) is 19.2 Å². The average molecular weight is 996 g/mol. The molecule has 0 saturated carbocycles. The zero-order valence-corrected chi connectivity index (χ0v) is 35.7. The van der Waals surface area contributed by atoms with Crippen molar-refractivity contribution in [2.75, 3.05) is 23.5 Å². The van der Waals surface area contributed by atoms with E-state index in [0.717, 1.165) is 0 Å². The summed E-state index contributed by atoms with van der Waals surface area (Å²) in [7, 11) is 0. The molecule has 0 heterocycles. The fourth-order valence-electron chi connectivity index (χ4n) is 5.94. The first kappa shape index (κ1) is 41.3. The van der Waals surface area contributed by atoms with Crippen LogP contribution in [0.2, 0.25) is 2.31 Å². The topological polar surface area (TPSA) is 105 Å². The van der Waals surface area contributed by atoms with Gasteiger partial charge < -0.3 is 0 Å². The Bertz CT molecular complexity index is 1530. The molecule has 0 spiro atoms. The van der Waals surface area contributed by atoms with Gasteiger partial charge in [-0.25, -0.2) is 0 Å². The number of benzene rings is 4. The van der Waals surface area contributed by atoms with Crippen LogP contribution in [0, 0.1) is 0 Å². The summed E-state index contributed by atoms with van der Waals surface area (Å²) in [5, 5.41) is 0. The first-order valence-corrected chi connectivity index (χ1v) is 31.0. The maximum absolute atomic E-state index is 14.2. The number of carbonyl (C=O) groups excluding carboxylic acids is 4. The van der Waals surface area contributed by atoms with Crippen molar-refractivity contribution in [1.82, 2.24) is 0 Å². The molecule has 4 aromatic rings. The summed E-state index contributed by atoms with van der Waals surface area (Å²) in [6.45, 7) is 0. The van der Waals surface area contributed by atoms with E-state index in [4.69, 9.17) is 58.5 Å². The number of alkyl halides is 4. The molecule has 51 heavy (non-hydrogen) atoms. The third-order valence-corrected chi connectivity index (χ3v) is 53.4. The molecule has 272 valence electrons. The molecule has 0 aliphatic heterocycles. The van der Waals surface area contributed by atoms with Crippen LogP contribution >= 0.6 is 46.4 Å². The predicted octanol–water partition coefficient (Wildman–Crippen LogP) is 5.64. The fourth-order valence-corrected chi connectivity index (χ4v) is 65.7. The van der Waals surface area contributed by atoms with E-state index < -0.39 is 62.7 Å². The van der Waals surface area contributed by atoms with Crippen LogP contribution in [0.15, 0.2) is 121 Å². The van der Waals surface area contributed by atoms with Crippen LogP contribution in [0.25, 0.3) is 0 Å². The van der Waals surface area contributed by atoms with Crippen molar-refractivity contribution >= 4 is 121 Å².